The third kappa shape index (κ3) is 3.30. The normalized spacial score (nSPS) is 11.3. The van der Waals surface area contributed by atoms with E-state index < -0.39 is 45.5 Å². The monoisotopic (exact) mass is 319 g/mol. The standard InChI is InChI=1S/C13H6F5NO3/c14-8-2-4-11(9(15)6-8)22-12-5-7(13(16,17)18)1-3-10(12)19(20)21/h1-6H. The van der Waals surface area contributed by atoms with Gasteiger partial charge in [-0.15, -0.1) is 0 Å². The number of benzene rings is 2. The van der Waals surface area contributed by atoms with Gasteiger partial charge in [0.15, 0.2) is 11.6 Å². The van der Waals surface area contributed by atoms with Gasteiger partial charge in [-0.2, -0.15) is 13.2 Å². The van der Waals surface area contributed by atoms with Crippen molar-refractivity contribution in [2.45, 2.75) is 6.18 Å². The number of alkyl halides is 3. The summed E-state index contributed by atoms with van der Waals surface area (Å²) in [5, 5.41) is 10.8. The first-order chi connectivity index (χ1) is 10.2. The Morgan fingerprint density at radius 3 is 2.23 bits per heavy atom. The molecular weight excluding hydrogens is 313 g/mol. The van der Waals surface area contributed by atoms with E-state index in [0.717, 1.165) is 12.1 Å². The van der Waals surface area contributed by atoms with E-state index in [2.05, 4.69) is 0 Å². The molecule has 0 amide bonds. The zero-order valence-corrected chi connectivity index (χ0v) is 10.5. The summed E-state index contributed by atoms with van der Waals surface area (Å²) in [6.45, 7) is 0. The lowest BCUT2D eigenvalue weighted by Crippen LogP contribution is -2.06. The van der Waals surface area contributed by atoms with Crippen LogP contribution < -0.4 is 4.74 Å². The van der Waals surface area contributed by atoms with Crippen LogP contribution in [-0.2, 0) is 6.18 Å². The molecule has 0 N–H and O–H groups in total. The molecule has 0 unspecified atom stereocenters. The Bertz CT molecular complexity index is 730. The topological polar surface area (TPSA) is 52.4 Å². The minimum absolute atomic E-state index is 0.376. The van der Waals surface area contributed by atoms with Gasteiger partial charge in [0, 0.05) is 18.2 Å². The summed E-state index contributed by atoms with van der Waals surface area (Å²) in [7, 11) is 0. The van der Waals surface area contributed by atoms with Crippen LogP contribution in [0, 0.1) is 21.7 Å². The maximum atomic E-state index is 13.4. The van der Waals surface area contributed by atoms with Crippen molar-refractivity contribution in [3.05, 3.63) is 63.7 Å². The number of rotatable bonds is 3. The lowest BCUT2D eigenvalue weighted by atomic mass is 10.2. The molecule has 0 saturated heterocycles. The Kier molecular flexibility index (Phi) is 3.98. The van der Waals surface area contributed by atoms with Crippen LogP contribution in [0.5, 0.6) is 11.5 Å². The quantitative estimate of drug-likeness (QED) is 0.469. The van der Waals surface area contributed by atoms with Crippen LogP contribution in [0.2, 0.25) is 0 Å². The van der Waals surface area contributed by atoms with Crippen molar-refractivity contribution in [2.24, 2.45) is 0 Å². The number of nitro groups is 1. The van der Waals surface area contributed by atoms with Gasteiger partial charge in [-0.25, -0.2) is 8.78 Å². The summed E-state index contributed by atoms with van der Waals surface area (Å²) in [6.07, 6.45) is -4.76. The lowest BCUT2D eigenvalue weighted by molar-refractivity contribution is -0.385. The van der Waals surface area contributed by atoms with E-state index in [1.807, 2.05) is 0 Å². The predicted molar refractivity (Wildman–Crippen MR) is 64.5 cm³/mol. The number of hydrogen-bond acceptors (Lipinski definition) is 3. The zero-order chi connectivity index (χ0) is 16.5. The molecule has 0 spiro atoms. The fraction of sp³-hybridized carbons (Fsp3) is 0.0769. The molecule has 116 valence electrons. The van der Waals surface area contributed by atoms with Crippen LogP contribution in [0.1, 0.15) is 5.56 Å². The van der Waals surface area contributed by atoms with E-state index in [1.54, 1.807) is 0 Å². The number of ether oxygens (including phenoxy) is 1. The van der Waals surface area contributed by atoms with Crippen LogP contribution >= 0.6 is 0 Å². The predicted octanol–water partition coefficient (Wildman–Crippen LogP) is 4.68. The number of hydrogen-bond donors (Lipinski definition) is 0. The second-order valence-electron chi connectivity index (χ2n) is 4.11. The number of nitro benzene ring substituents is 1. The van der Waals surface area contributed by atoms with Crippen molar-refractivity contribution in [1.29, 1.82) is 0 Å². The Morgan fingerprint density at radius 2 is 1.68 bits per heavy atom. The highest BCUT2D eigenvalue weighted by Crippen LogP contribution is 2.38. The van der Waals surface area contributed by atoms with Crippen molar-refractivity contribution in [3.8, 4) is 11.5 Å². The molecule has 0 radical (unpaired) electrons. The maximum absolute atomic E-state index is 13.4. The average molecular weight is 319 g/mol. The van der Waals surface area contributed by atoms with Gasteiger partial charge in [-0.1, -0.05) is 0 Å². The zero-order valence-electron chi connectivity index (χ0n) is 10.5. The van der Waals surface area contributed by atoms with Crippen LogP contribution in [-0.4, -0.2) is 4.92 Å². The molecule has 0 fully saturated rings. The summed E-state index contributed by atoms with van der Waals surface area (Å²) in [6, 6.07) is 3.54. The minimum Gasteiger partial charge on any atom is -0.447 e. The van der Waals surface area contributed by atoms with Crippen LogP contribution in [0.15, 0.2) is 36.4 Å². The van der Waals surface area contributed by atoms with E-state index >= 15 is 0 Å². The molecule has 22 heavy (non-hydrogen) atoms. The molecule has 0 heterocycles. The van der Waals surface area contributed by atoms with E-state index in [9.17, 15) is 32.1 Å². The second-order valence-corrected chi connectivity index (χ2v) is 4.11. The van der Waals surface area contributed by atoms with Crippen molar-refractivity contribution in [1.82, 2.24) is 0 Å². The van der Waals surface area contributed by atoms with Crippen molar-refractivity contribution < 1.29 is 31.6 Å². The minimum atomic E-state index is -4.76. The van der Waals surface area contributed by atoms with Gasteiger partial charge in [0.2, 0.25) is 5.75 Å². The third-order valence-electron chi connectivity index (χ3n) is 2.60. The SMILES string of the molecule is O=[N+]([O-])c1ccc(C(F)(F)F)cc1Oc1ccc(F)cc1F. The van der Waals surface area contributed by atoms with Gasteiger partial charge in [0.25, 0.3) is 0 Å². The van der Waals surface area contributed by atoms with Gasteiger partial charge in [-0.3, -0.25) is 10.1 Å². The molecule has 0 atom stereocenters. The van der Waals surface area contributed by atoms with Crippen LogP contribution in [0.3, 0.4) is 0 Å². The van der Waals surface area contributed by atoms with E-state index in [4.69, 9.17) is 4.74 Å². The van der Waals surface area contributed by atoms with E-state index in [1.165, 1.54) is 0 Å². The summed E-state index contributed by atoms with van der Waals surface area (Å²) < 4.78 is 68.9. The fourth-order valence-corrected chi connectivity index (χ4v) is 1.60. The van der Waals surface area contributed by atoms with Crippen molar-refractivity contribution >= 4 is 5.69 Å². The summed E-state index contributed by atoms with van der Waals surface area (Å²) in [5.74, 6) is -3.57. The van der Waals surface area contributed by atoms with E-state index in [0.29, 0.717) is 24.3 Å². The number of halogens is 5. The van der Waals surface area contributed by atoms with Crippen molar-refractivity contribution in [2.75, 3.05) is 0 Å². The molecule has 2 aromatic carbocycles. The first-order valence-corrected chi connectivity index (χ1v) is 5.67. The summed E-state index contributed by atoms with van der Waals surface area (Å²) >= 11 is 0. The second kappa shape index (κ2) is 5.58. The molecule has 0 bridgehead atoms. The molecule has 0 aromatic heterocycles. The van der Waals surface area contributed by atoms with Gasteiger partial charge in [0.05, 0.1) is 10.5 Å². The average Bonchev–Trinajstić information content (AvgIpc) is 2.40. The molecular formula is C13H6F5NO3. The smallest absolute Gasteiger partial charge is 0.416 e. The lowest BCUT2D eigenvalue weighted by Gasteiger charge is -2.11. The van der Waals surface area contributed by atoms with Gasteiger partial charge in [-0.05, 0) is 18.2 Å². The molecule has 4 nitrogen and oxygen atoms in total. The highest BCUT2D eigenvalue weighted by molar-refractivity contribution is 5.51. The Labute approximate surface area is 119 Å². The molecule has 9 heteroatoms. The highest BCUT2D eigenvalue weighted by atomic mass is 19.4. The molecule has 2 aromatic rings. The molecule has 0 aliphatic heterocycles. The Balaban J connectivity index is 2.49. The van der Waals surface area contributed by atoms with Gasteiger partial charge < -0.3 is 4.74 Å². The summed E-state index contributed by atoms with van der Waals surface area (Å²) in [4.78, 5) is 9.83. The fourth-order valence-electron chi connectivity index (χ4n) is 1.60. The molecule has 2 rings (SSSR count). The largest absolute Gasteiger partial charge is 0.447 e. The third-order valence-corrected chi connectivity index (χ3v) is 2.60. The Morgan fingerprint density at radius 1 is 1.00 bits per heavy atom. The molecule has 0 aliphatic rings. The molecule has 0 aliphatic carbocycles. The van der Waals surface area contributed by atoms with E-state index in [-0.39, 0.29) is 0 Å². The van der Waals surface area contributed by atoms with Crippen LogP contribution in [0.4, 0.5) is 27.6 Å². The first-order valence-electron chi connectivity index (χ1n) is 5.67. The summed E-state index contributed by atoms with van der Waals surface area (Å²) in [5.41, 5.74) is -1.98. The van der Waals surface area contributed by atoms with Crippen LogP contribution in [0.25, 0.3) is 0 Å². The highest BCUT2D eigenvalue weighted by Gasteiger charge is 2.33. The maximum Gasteiger partial charge on any atom is 0.416 e. The molecule has 0 saturated carbocycles. The first kappa shape index (κ1) is 15.7. The van der Waals surface area contributed by atoms with Gasteiger partial charge in [0.1, 0.15) is 5.82 Å². The van der Waals surface area contributed by atoms with Gasteiger partial charge >= 0.3 is 11.9 Å². The van der Waals surface area contributed by atoms with Crippen molar-refractivity contribution in [3.63, 3.8) is 0 Å². The Hall–Kier alpha value is -2.71. The number of nitrogens with zero attached hydrogens (tertiary/aromatic N) is 1.